The van der Waals surface area contributed by atoms with Crippen LogP contribution in [-0.4, -0.2) is 32.2 Å². The molecule has 4 N–H and O–H groups in total. The molecule has 1 heterocycles. The lowest BCUT2D eigenvalue weighted by Crippen LogP contribution is -2.30. The summed E-state index contributed by atoms with van der Waals surface area (Å²) in [6.45, 7) is 0. The number of sulfonamides is 1. The van der Waals surface area contributed by atoms with Crippen molar-refractivity contribution in [3.05, 3.63) is 54.1 Å². The highest BCUT2D eigenvalue weighted by Crippen LogP contribution is 2.27. The zero-order valence-electron chi connectivity index (χ0n) is 13.6. The molecule has 0 spiro atoms. The van der Waals surface area contributed by atoms with Crippen LogP contribution in [-0.2, 0) is 14.8 Å². The van der Waals surface area contributed by atoms with E-state index in [4.69, 9.17) is 17.4 Å². The summed E-state index contributed by atoms with van der Waals surface area (Å²) in [7, 11) is -2.15. The summed E-state index contributed by atoms with van der Waals surface area (Å²) >= 11 is 5.14. The first-order valence-electron chi connectivity index (χ1n) is 7.42. The summed E-state index contributed by atoms with van der Waals surface area (Å²) in [6, 6.07) is 13.2. The van der Waals surface area contributed by atoms with Crippen molar-refractivity contribution in [2.24, 2.45) is 10.2 Å². The Bertz CT molecular complexity index is 1030. The number of nitrogens with one attached hydrogen (secondary N) is 2. The van der Waals surface area contributed by atoms with Crippen LogP contribution in [0.1, 0.15) is 5.56 Å². The molecule has 1 aliphatic heterocycles. The smallest absolute Gasteiger partial charge is 0.279 e. The second-order valence-corrected chi connectivity index (χ2v) is 7.45. The van der Waals surface area contributed by atoms with Crippen molar-refractivity contribution in [3.63, 3.8) is 0 Å². The first kappa shape index (κ1) is 18.0. The maximum absolute atomic E-state index is 12.3. The lowest BCUT2D eigenvalue weighted by atomic mass is 10.1. The molecule has 0 unspecified atom stereocenters. The van der Waals surface area contributed by atoms with Crippen LogP contribution in [0.15, 0.2) is 58.5 Å². The predicted molar refractivity (Wildman–Crippen MR) is 104 cm³/mol. The first-order valence-corrected chi connectivity index (χ1v) is 9.38. The van der Waals surface area contributed by atoms with Gasteiger partial charge in [-0.3, -0.25) is 10.2 Å². The summed E-state index contributed by atoms with van der Waals surface area (Å²) < 4.78 is 22.8. The Kier molecular flexibility index (Phi) is 4.72. The van der Waals surface area contributed by atoms with Crippen molar-refractivity contribution >= 4 is 50.3 Å². The monoisotopic (exact) mass is 389 g/mol. The van der Waals surface area contributed by atoms with Gasteiger partial charge in [0, 0.05) is 18.3 Å². The van der Waals surface area contributed by atoms with Crippen LogP contribution in [0.2, 0.25) is 0 Å². The number of hydrazone groups is 1. The van der Waals surface area contributed by atoms with Crippen molar-refractivity contribution in [3.8, 4) is 0 Å². The molecule has 0 atom stereocenters. The van der Waals surface area contributed by atoms with Crippen LogP contribution in [0.4, 0.5) is 11.4 Å². The van der Waals surface area contributed by atoms with Gasteiger partial charge in [0.1, 0.15) is 0 Å². The van der Waals surface area contributed by atoms with Gasteiger partial charge in [-0.25, -0.2) is 13.6 Å². The third-order valence-electron chi connectivity index (χ3n) is 3.72. The van der Waals surface area contributed by atoms with Gasteiger partial charge in [-0.15, -0.1) is 0 Å². The Morgan fingerprint density at radius 1 is 1.19 bits per heavy atom. The number of primary sulfonamides is 1. The molecule has 134 valence electrons. The molecule has 1 aliphatic rings. The largest absolute Gasteiger partial charge is 0.331 e. The molecule has 1 amide bonds. The van der Waals surface area contributed by atoms with Gasteiger partial charge in [-0.1, -0.05) is 24.3 Å². The van der Waals surface area contributed by atoms with Crippen LogP contribution in [0.25, 0.3) is 0 Å². The van der Waals surface area contributed by atoms with Crippen molar-refractivity contribution in [2.45, 2.75) is 4.90 Å². The Labute approximate surface area is 155 Å². The zero-order valence-corrected chi connectivity index (χ0v) is 15.3. The minimum Gasteiger partial charge on any atom is -0.331 e. The molecule has 10 heteroatoms. The highest BCUT2D eigenvalue weighted by Gasteiger charge is 2.31. The molecule has 2 aromatic carbocycles. The highest BCUT2D eigenvalue weighted by molar-refractivity contribution is 7.89. The molecular weight excluding hydrogens is 374 g/mol. The van der Waals surface area contributed by atoms with Crippen molar-refractivity contribution < 1.29 is 13.2 Å². The lowest BCUT2D eigenvalue weighted by molar-refractivity contribution is -0.111. The molecule has 0 bridgehead atoms. The fourth-order valence-corrected chi connectivity index (χ4v) is 3.20. The number of nitrogens with two attached hydrogens (primary N) is 1. The van der Waals surface area contributed by atoms with Gasteiger partial charge in [0.05, 0.1) is 10.6 Å². The Morgan fingerprint density at radius 3 is 2.65 bits per heavy atom. The SMILES string of the molecule is CN1C(=O)/C(=N\NC(=S)Nc2cccc(S(N)(=O)=O)c2)c2ccccc21. The van der Waals surface area contributed by atoms with E-state index in [1.165, 1.54) is 23.1 Å². The molecular formula is C16H15N5O3S2. The van der Waals surface area contributed by atoms with Crippen LogP contribution in [0.5, 0.6) is 0 Å². The summed E-state index contributed by atoms with van der Waals surface area (Å²) in [4.78, 5) is 13.8. The van der Waals surface area contributed by atoms with Gasteiger partial charge < -0.3 is 10.2 Å². The number of para-hydroxylation sites is 1. The van der Waals surface area contributed by atoms with E-state index in [9.17, 15) is 13.2 Å². The number of benzene rings is 2. The first-order chi connectivity index (χ1) is 12.3. The number of thiocarbonyl (C=S) groups is 1. The number of amides is 1. The predicted octanol–water partition coefficient (Wildman–Crippen LogP) is 1.00. The maximum Gasteiger partial charge on any atom is 0.279 e. The molecule has 0 fully saturated rings. The third kappa shape index (κ3) is 3.57. The van der Waals surface area contributed by atoms with E-state index in [1.807, 2.05) is 18.2 Å². The number of hydrogen-bond donors (Lipinski definition) is 3. The van der Waals surface area contributed by atoms with Gasteiger partial charge in [0.2, 0.25) is 10.0 Å². The minimum atomic E-state index is -3.81. The zero-order chi connectivity index (χ0) is 18.9. The summed E-state index contributed by atoms with van der Waals surface area (Å²) in [5.74, 6) is -0.252. The molecule has 0 aliphatic carbocycles. The fraction of sp³-hybridized carbons (Fsp3) is 0.0625. The van der Waals surface area contributed by atoms with Crippen molar-refractivity contribution in [1.82, 2.24) is 5.43 Å². The minimum absolute atomic E-state index is 0.0434. The van der Waals surface area contributed by atoms with Crippen LogP contribution < -0.4 is 20.8 Å². The van der Waals surface area contributed by atoms with E-state index < -0.39 is 10.0 Å². The fourth-order valence-electron chi connectivity index (χ4n) is 2.47. The van der Waals surface area contributed by atoms with E-state index in [2.05, 4.69) is 15.8 Å². The number of fused-ring (bicyclic) bond motifs is 1. The molecule has 0 saturated heterocycles. The molecule has 8 nitrogen and oxygen atoms in total. The number of carbonyl (C=O) groups is 1. The van der Waals surface area contributed by atoms with Crippen molar-refractivity contribution in [1.29, 1.82) is 0 Å². The van der Waals surface area contributed by atoms with Gasteiger partial charge in [0.25, 0.3) is 5.91 Å². The molecule has 26 heavy (non-hydrogen) atoms. The van der Waals surface area contributed by atoms with E-state index >= 15 is 0 Å². The van der Waals surface area contributed by atoms with Gasteiger partial charge in [0.15, 0.2) is 10.8 Å². The molecule has 0 radical (unpaired) electrons. The summed E-state index contributed by atoms with van der Waals surface area (Å²) in [6.07, 6.45) is 0. The van der Waals surface area contributed by atoms with E-state index in [0.717, 1.165) is 5.69 Å². The second kappa shape index (κ2) is 6.83. The van der Waals surface area contributed by atoms with Crippen LogP contribution >= 0.6 is 12.2 Å². The molecule has 0 aromatic heterocycles. The Balaban J connectivity index is 1.76. The number of likely N-dealkylation sites (N-methyl/N-ethyl adjacent to an activating group) is 1. The number of hydrogen-bond acceptors (Lipinski definition) is 5. The second-order valence-electron chi connectivity index (χ2n) is 5.48. The highest BCUT2D eigenvalue weighted by atomic mass is 32.2. The van der Waals surface area contributed by atoms with Gasteiger partial charge in [-0.2, -0.15) is 5.10 Å². The molecule has 0 saturated carbocycles. The summed E-state index contributed by atoms with van der Waals surface area (Å²) in [5.41, 5.74) is 4.73. The number of carbonyl (C=O) groups excluding carboxylic acids is 1. The topological polar surface area (TPSA) is 117 Å². The van der Waals surface area contributed by atoms with Crippen LogP contribution in [0.3, 0.4) is 0 Å². The number of nitrogens with zero attached hydrogens (tertiary/aromatic N) is 2. The van der Waals surface area contributed by atoms with E-state index in [0.29, 0.717) is 11.3 Å². The van der Waals surface area contributed by atoms with Gasteiger partial charge >= 0.3 is 0 Å². The number of anilines is 2. The Morgan fingerprint density at radius 2 is 1.92 bits per heavy atom. The third-order valence-corrected chi connectivity index (χ3v) is 4.82. The normalized spacial score (nSPS) is 15.1. The van der Waals surface area contributed by atoms with E-state index in [1.54, 1.807) is 19.2 Å². The average Bonchev–Trinajstić information content (AvgIpc) is 2.84. The lowest BCUT2D eigenvalue weighted by Gasteiger charge is -2.09. The summed E-state index contributed by atoms with van der Waals surface area (Å²) in [5, 5.41) is 12.1. The van der Waals surface area contributed by atoms with E-state index in [-0.39, 0.29) is 21.6 Å². The average molecular weight is 389 g/mol. The number of rotatable bonds is 3. The quantitative estimate of drug-likeness (QED) is 0.533. The van der Waals surface area contributed by atoms with Crippen molar-refractivity contribution in [2.75, 3.05) is 17.3 Å². The molecule has 2 aromatic rings. The van der Waals surface area contributed by atoms with Gasteiger partial charge in [-0.05, 0) is 36.5 Å². The molecule has 3 rings (SSSR count). The Hall–Kier alpha value is -2.82. The van der Waals surface area contributed by atoms with Crippen LogP contribution in [0, 0.1) is 0 Å². The standard InChI is InChI=1S/C16H15N5O3S2/c1-21-13-8-3-2-7-12(13)14(15(21)22)19-20-16(25)18-10-5-4-6-11(9-10)26(17,23)24/h2-9H,1H3,(H2,17,23,24)(H2,18,20,25)/b19-14-. The maximum atomic E-state index is 12.3.